The zero-order valence-electron chi connectivity index (χ0n) is 16.3. The summed E-state index contributed by atoms with van der Waals surface area (Å²) in [4.78, 5) is 11.9. The molecule has 0 bridgehead atoms. The highest BCUT2D eigenvalue weighted by molar-refractivity contribution is 5.70. The Balaban J connectivity index is 1.82. The lowest BCUT2D eigenvalue weighted by Gasteiger charge is -2.13. The number of allylic oxidation sites excluding steroid dienone is 1. The van der Waals surface area contributed by atoms with Crippen LogP contribution in [0.3, 0.4) is 0 Å². The Bertz CT molecular complexity index is 742. The summed E-state index contributed by atoms with van der Waals surface area (Å²) >= 11 is 0. The molecule has 0 amide bonds. The van der Waals surface area contributed by atoms with E-state index < -0.39 is 0 Å². The molecule has 0 saturated carbocycles. The molecule has 6 nitrogen and oxygen atoms in total. The molecule has 0 aliphatic carbocycles. The molecule has 0 aliphatic heterocycles. The molecule has 150 valence electrons. The van der Waals surface area contributed by atoms with Crippen molar-refractivity contribution in [2.24, 2.45) is 0 Å². The molecule has 2 rings (SSSR count). The molecule has 0 aliphatic rings. The monoisotopic (exact) mass is 386 g/mol. The van der Waals surface area contributed by atoms with Gasteiger partial charge in [0.15, 0.2) is 25.1 Å². The Morgan fingerprint density at radius 1 is 0.893 bits per heavy atom. The van der Waals surface area contributed by atoms with Crippen molar-refractivity contribution in [3.8, 4) is 11.5 Å². The first-order valence-electron chi connectivity index (χ1n) is 8.97. The van der Waals surface area contributed by atoms with E-state index in [0.29, 0.717) is 17.9 Å². The predicted octanol–water partition coefficient (Wildman–Crippen LogP) is 3.88. The molecule has 0 radical (unpaired) electrons. The fourth-order valence-electron chi connectivity index (χ4n) is 2.41. The number of methoxy groups -OCH3 is 2. The van der Waals surface area contributed by atoms with E-state index in [4.69, 9.17) is 23.7 Å². The van der Waals surface area contributed by atoms with Gasteiger partial charge in [-0.05, 0) is 42.2 Å². The molecule has 0 atom stereocenters. The van der Waals surface area contributed by atoms with Crippen molar-refractivity contribution in [1.29, 1.82) is 0 Å². The number of esters is 1. The van der Waals surface area contributed by atoms with Crippen molar-refractivity contribution >= 4 is 5.97 Å². The summed E-state index contributed by atoms with van der Waals surface area (Å²) in [6, 6.07) is 15.5. The Morgan fingerprint density at radius 3 is 2.32 bits per heavy atom. The lowest BCUT2D eigenvalue weighted by molar-refractivity contribution is -0.138. The van der Waals surface area contributed by atoms with Gasteiger partial charge in [-0.25, -0.2) is 0 Å². The van der Waals surface area contributed by atoms with Crippen molar-refractivity contribution in [2.45, 2.75) is 19.3 Å². The van der Waals surface area contributed by atoms with Gasteiger partial charge in [0.25, 0.3) is 0 Å². The Labute approximate surface area is 165 Å². The highest BCUT2D eigenvalue weighted by Crippen LogP contribution is 2.29. The average Bonchev–Trinajstić information content (AvgIpc) is 2.73. The number of hydrogen-bond donors (Lipinski definition) is 0. The van der Waals surface area contributed by atoms with Crippen LogP contribution in [-0.2, 0) is 31.8 Å². The van der Waals surface area contributed by atoms with Gasteiger partial charge < -0.3 is 23.7 Å². The minimum absolute atomic E-state index is 0.0983. The predicted molar refractivity (Wildman–Crippen MR) is 105 cm³/mol. The molecule has 0 saturated heterocycles. The molecule has 2 aromatic carbocycles. The molecule has 0 fully saturated rings. The second kappa shape index (κ2) is 12.5. The number of ether oxygens (including phenoxy) is 5. The lowest BCUT2D eigenvalue weighted by Crippen LogP contribution is -2.06. The van der Waals surface area contributed by atoms with Gasteiger partial charge in [0.1, 0.15) is 0 Å². The summed E-state index contributed by atoms with van der Waals surface area (Å²) in [5, 5.41) is 0. The van der Waals surface area contributed by atoms with E-state index in [1.807, 2.05) is 48.5 Å². The van der Waals surface area contributed by atoms with Crippen LogP contribution in [0, 0.1) is 0 Å². The zero-order valence-corrected chi connectivity index (χ0v) is 16.3. The summed E-state index contributed by atoms with van der Waals surface area (Å²) in [7, 11) is 3.09. The van der Waals surface area contributed by atoms with Gasteiger partial charge in [-0.1, -0.05) is 36.4 Å². The number of benzene rings is 2. The fraction of sp³-hybridized carbons (Fsp3) is 0.318. The minimum Gasteiger partial charge on any atom is -0.464 e. The highest BCUT2D eigenvalue weighted by Gasteiger charge is 2.09. The SMILES string of the molecule is COCOc1ccc(CCC(=O)O/C=C/Cc2ccccc2)cc1OCOC. The van der Waals surface area contributed by atoms with Crippen LogP contribution in [0.25, 0.3) is 0 Å². The van der Waals surface area contributed by atoms with Crippen LogP contribution >= 0.6 is 0 Å². The summed E-state index contributed by atoms with van der Waals surface area (Å²) < 4.78 is 26.0. The maximum Gasteiger partial charge on any atom is 0.310 e. The minimum atomic E-state index is -0.289. The van der Waals surface area contributed by atoms with Crippen molar-refractivity contribution < 1.29 is 28.5 Å². The summed E-state index contributed by atoms with van der Waals surface area (Å²) in [6.45, 7) is 0.214. The summed E-state index contributed by atoms with van der Waals surface area (Å²) in [5.74, 6) is 0.796. The molecule has 0 unspecified atom stereocenters. The molecular formula is C22H26O6. The van der Waals surface area contributed by atoms with E-state index in [0.717, 1.165) is 17.5 Å². The molecular weight excluding hydrogens is 360 g/mol. The van der Waals surface area contributed by atoms with Gasteiger partial charge in [-0.2, -0.15) is 0 Å². The second-order valence-corrected chi connectivity index (χ2v) is 5.93. The van der Waals surface area contributed by atoms with E-state index in [1.165, 1.54) is 6.26 Å². The van der Waals surface area contributed by atoms with Crippen molar-refractivity contribution in [3.05, 3.63) is 72.0 Å². The smallest absolute Gasteiger partial charge is 0.310 e. The van der Waals surface area contributed by atoms with Gasteiger partial charge in [-0.3, -0.25) is 4.79 Å². The number of hydrogen-bond acceptors (Lipinski definition) is 6. The zero-order chi connectivity index (χ0) is 20.0. The normalized spacial score (nSPS) is 10.8. The first-order chi connectivity index (χ1) is 13.7. The first kappa shape index (κ1) is 21.5. The van der Waals surface area contributed by atoms with E-state index in [9.17, 15) is 4.79 Å². The third kappa shape index (κ3) is 7.82. The average molecular weight is 386 g/mol. The maximum absolute atomic E-state index is 11.9. The van der Waals surface area contributed by atoms with Crippen LogP contribution in [0.4, 0.5) is 0 Å². The highest BCUT2D eigenvalue weighted by atomic mass is 16.7. The molecule has 2 aromatic rings. The number of carbonyl (C=O) groups is 1. The maximum atomic E-state index is 11.9. The number of carbonyl (C=O) groups excluding carboxylic acids is 1. The van der Waals surface area contributed by atoms with E-state index >= 15 is 0 Å². The molecule has 0 heterocycles. The summed E-state index contributed by atoms with van der Waals surface area (Å²) in [5.41, 5.74) is 2.09. The Morgan fingerprint density at radius 2 is 1.61 bits per heavy atom. The van der Waals surface area contributed by atoms with Crippen LogP contribution in [0.15, 0.2) is 60.9 Å². The van der Waals surface area contributed by atoms with Gasteiger partial charge in [0.05, 0.1) is 6.26 Å². The number of rotatable bonds is 12. The Kier molecular flexibility index (Phi) is 9.61. The largest absolute Gasteiger partial charge is 0.464 e. The topological polar surface area (TPSA) is 63.2 Å². The molecule has 0 aromatic heterocycles. The van der Waals surface area contributed by atoms with Gasteiger partial charge in [0.2, 0.25) is 0 Å². The summed E-state index contributed by atoms with van der Waals surface area (Å²) in [6.07, 6.45) is 4.78. The van der Waals surface area contributed by atoms with E-state index in [-0.39, 0.29) is 26.0 Å². The molecule has 0 spiro atoms. The molecule has 0 N–H and O–H groups in total. The molecule has 6 heteroatoms. The molecule has 28 heavy (non-hydrogen) atoms. The van der Waals surface area contributed by atoms with Crippen LogP contribution < -0.4 is 9.47 Å². The van der Waals surface area contributed by atoms with Crippen molar-refractivity contribution in [3.63, 3.8) is 0 Å². The van der Waals surface area contributed by atoms with Crippen molar-refractivity contribution in [1.82, 2.24) is 0 Å². The van der Waals surface area contributed by atoms with Crippen LogP contribution in [-0.4, -0.2) is 33.8 Å². The third-order valence-electron chi connectivity index (χ3n) is 3.78. The van der Waals surface area contributed by atoms with Gasteiger partial charge >= 0.3 is 5.97 Å². The first-order valence-corrected chi connectivity index (χ1v) is 8.97. The quantitative estimate of drug-likeness (QED) is 0.313. The Hall–Kier alpha value is -2.83. The van der Waals surface area contributed by atoms with Crippen LogP contribution in [0.5, 0.6) is 11.5 Å². The van der Waals surface area contributed by atoms with Gasteiger partial charge in [0, 0.05) is 20.6 Å². The number of aryl methyl sites for hydroxylation is 1. The van der Waals surface area contributed by atoms with Crippen molar-refractivity contribution in [2.75, 3.05) is 27.8 Å². The lowest BCUT2D eigenvalue weighted by atomic mass is 10.1. The second-order valence-electron chi connectivity index (χ2n) is 5.93. The van der Waals surface area contributed by atoms with Crippen LogP contribution in [0.2, 0.25) is 0 Å². The van der Waals surface area contributed by atoms with E-state index in [2.05, 4.69) is 0 Å². The fourth-order valence-corrected chi connectivity index (χ4v) is 2.41. The third-order valence-corrected chi connectivity index (χ3v) is 3.78. The van der Waals surface area contributed by atoms with Gasteiger partial charge in [-0.15, -0.1) is 0 Å². The van der Waals surface area contributed by atoms with Crippen LogP contribution in [0.1, 0.15) is 17.5 Å². The standard InChI is InChI=1S/C22H26O6/c1-24-16-27-20-12-10-19(15-21(20)28-17-25-2)11-13-22(23)26-14-6-9-18-7-4-3-5-8-18/h3-8,10,12,14-15H,9,11,13,16-17H2,1-2H3/b14-6+. The van der Waals surface area contributed by atoms with E-state index in [1.54, 1.807) is 20.3 Å².